The van der Waals surface area contributed by atoms with Crippen LogP contribution >= 0.6 is 34.5 Å². The first kappa shape index (κ1) is 20.1. The molecular weight excluding hydrogens is 433 g/mol. The number of nitrogens with zero attached hydrogens (tertiary/aromatic N) is 2. The lowest BCUT2D eigenvalue weighted by atomic mass is 10.1. The Morgan fingerprint density at radius 1 is 1.24 bits per heavy atom. The first-order chi connectivity index (χ1) is 14.0. The summed E-state index contributed by atoms with van der Waals surface area (Å²) in [6.07, 6.45) is 1.46. The Labute approximate surface area is 182 Å². The number of ether oxygens (including phenoxy) is 2. The summed E-state index contributed by atoms with van der Waals surface area (Å²) in [5.41, 5.74) is 1.32. The summed E-state index contributed by atoms with van der Waals surface area (Å²) in [6.45, 7) is 1.18. The van der Waals surface area contributed by atoms with Crippen molar-refractivity contribution in [1.29, 1.82) is 0 Å². The Kier molecular flexibility index (Phi) is 5.99. The number of aromatic nitrogens is 1. The molecule has 0 radical (unpaired) electrons. The number of hydrogen-bond donors (Lipinski definition) is 1. The second-order valence-corrected chi connectivity index (χ2v) is 8.48. The van der Waals surface area contributed by atoms with Crippen LogP contribution in [0.25, 0.3) is 10.2 Å². The molecule has 2 amide bonds. The van der Waals surface area contributed by atoms with E-state index < -0.39 is 0 Å². The normalized spacial score (nSPS) is 14.8. The van der Waals surface area contributed by atoms with Crippen molar-refractivity contribution in [2.24, 2.45) is 0 Å². The van der Waals surface area contributed by atoms with Gasteiger partial charge in [-0.25, -0.2) is 9.78 Å². The van der Waals surface area contributed by atoms with Crippen molar-refractivity contribution in [2.45, 2.75) is 18.9 Å². The standard InChI is InChI=1S/C20H19Cl2N3O3S/c1-27-16-6-5-12(21)11-15(16)23-19(26)25-9-7-13(8-10-25)28-20-24-18-14(22)3-2-4-17(18)29-20/h2-6,11,13H,7-10H2,1H3,(H,23,26). The molecule has 2 aromatic carbocycles. The number of thiazole rings is 1. The Hall–Kier alpha value is -2.22. The molecule has 0 aliphatic carbocycles. The second kappa shape index (κ2) is 8.65. The zero-order valence-electron chi connectivity index (χ0n) is 15.7. The molecule has 2 heterocycles. The third-order valence-corrected chi connectivity index (χ3v) is 6.20. The molecule has 0 unspecified atom stereocenters. The predicted molar refractivity (Wildman–Crippen MR) is 117 cm³/mol. The zero-order chi connectivity index (χ0) is 20.4. The SMILES string of the molecule is COc1ccc(Cl)cc1NC(=O)N1CCC(Oc2nc3c(Cl)cccc3s2)CC1. The van der Waals surface area contributed by atoms with E-state index in [1.54, 1.807) is 30.2 Å². The number of rotatable bonds is 4. The molecule has 1 aliphatic heterocycles. The summed E-state index contributed by atoms with van der Waals surface area (Å²) >= 11 is 13.7. The summed E-state index contributed by atoms with van der Waals surface area (Å²) < 4.78 is 12.3. The van der Waals surface area contributed by atoms with Crippen LogP contribution in [-0.4, -0.2) is 42.2 Å². The number of piperidine rings is 1. The van der Waals surface area contributed by atoms with E-state index in [4.69, 9.17) is 32.7 Å². The number of urea groups is 1. The molecule has 0 bridgehead atoms. The molecule has 1 N–H and O–H groups in total. The van der Waals surface area contributed by atoms with Gasteiger partial charge in [0.15, 0.2) is 0 Å². The first-order valence-corrected chi connectivity index (χ1v) is 10.7. The maximum absolute atomic E-state index is 12.6. The number of carbonyl (C=O) groups excluding carboxylic acids is 1. The number of para-hydroxylation sites is 1. The van der Waals surface area contributed by atoms with Crippen LogP contribution < -0.4 is 14.8 Å². The molecule has 1 aromatic heterocycles. The van der Waals surface area contributed by atoms with Crippen LogP contribution in [0.5, 0.6) is 10.9 Å². The number of benzene rings is 2. The average Bonchev–Trinajstić information content (AvgIpc) is 3.12. The third-order valence-electron chi connectivity index (χ3n) is 4.75. The van der Waals surface area contributed by atoms with E-state index in [0.717, 1.165) is 23.1 Å². The van der Waals surface area contributed by atoms with Gasteiger partial charge in [-0.05, 0) is 30.3 Å². The molecule has 0 spiro atoms. The fourth-order valence-electron chi connectivity index (χ4n) is 3.24. The van der Waals surface area contributed by atoms with E-state index in [1.807, 2.05) is 18.2 Å². The Morgan fingerprint density at radius 2 is 2.03 bits per heavy atom. The van der Waals surface area contributed by atoms with Gasteiger partial charge in [-0.3, -0.25) is 0 Å². The smallest absolute Gasteiger partial charge is 0.321 e. The molecular formula is C20H19Cl2N3O3S. The Bertz CT molecular complexity index is 1030. The molecule has 1 aliphatic rings. The number of nitrogens with one attached hydrogen (secondary N) is 1. The number of halogens is 2. The van der Waals surface area contributed by atoms with Crippen molar-refractivity contribution in [1.82, 2.24) is 9.88 Å². The molecule has 6 nitrogen and oxygen atoms in total. The van der Waals surface area contributed by atoms with Gasteiger partial charge >= 0.3 is 6.03 Å². The number of anilines is 1. The van der Waals surface area contributed by atoms with Gasteiger partial charge in [0.05, 0.1) is 22.5 Å². The number of hydrogen-bond acceptors (Lipinski definition) is 5. The summed E-state index contributed by atoms with van der Waals surface area (Å²) in [5, 5.41) is 4.64. The van der Waals surface area contributed by atoms with E-state index in [1.165, 1.54) is 11.3 Å². The minimum absolute atomic E-state index is 0.0130. The zero-order valence-corrected chi connectivity index (χ0v) is 18.0. The maximum Gasteiger partial charge on any atom is 0.321 e. The van der Waals surface area contributed by atoms with Crippen molar-refractivity contribution in [3.05, 3.63) is 46.4 Å². The van der Waals surface area contributed by atoms with Gasteiger partial charge in [-0.2, -0.15) is 0 Å². The lowest BCUT2D eigenvalue weighted by molar-refractivity contribution is 0.115. The molecule has 152 valence electrons. The number of methoxy groups -OCH3 is 1. The van der Waals surface area contributed by atoms with E-state index in [0.29, 0.717) is 39.8 Å². The van der Waals surface area contributed by atoms with E-state index >= 15 is 0 Å². The average molecular weight is 452 g/mol. The molecule has 9 heteroatoms. The van der Waals surface area contributed by atoms with Crippen molar-refractivity contribution in [3.8, 4) is 10.9 Å². The highest BCUT2D eigenvalue weighted by Gasteiger charge is 2.25. The predicted octanol–water partition coefficient (Wildman–Crippen LogP) is 5.69. The molecule has 3 aromatic rings. The molecule has 1 saturated heterocycles. The van der Waals surface area contributed by atoms with Gasteiger partial charge in [-0.15, -0.1) is 0 Å². The lowest BCUT2D eigenvalue weighted by Crippen LogP contribution is -2.43. The maximum atomic E-state index is 12.6. The van der Waals surface area contributed by atoms with E-state index in [9.17, 15) is 4.79 Å². The van der Waals surface area contributed by atoms with Crippen LogP contribution in [0.1, 0.15) is 12.8 Å². The lowest BCUT2D eigenvalue weighted by Gasteiger charge is -2.31. The number of carbonyl (C=O) groups is 1. The fourth-order valence-corrected chi connectivity index (χ4v) is 4.59. The van der Waals surface area contributed by atoms with E-state index in [2.05, 4.69) is 10.3 Å². The minimum Gasteiger partial charge on any atom is -0.495 e. The van der Waals surface area contributed by atoms with Gasteiger partial charge in [-0.1, -0.05) is 40.6 Å². The Morgan fingerprint density at radius 3 is 2.76 bits per heavy atom. The van der Waals surface area contributed by atoms with Crippen LogP contribution in [0.2, 0.25) is 10.0 Å². The summed E-state index contributed by atoms with van der Waals surface area (Å²) in [6, 6.07) is 10.6. The van der Waals surface area contributed by atoms with Crippen LogP contribution in [0.3, 0.4) is 0 Å². The Balaban J connectivity index is 1.34. The van der Waals surface area contributed by atoms with Crippen molar-refractivity contribution in [3.63, 3.8) is 0 Å². The monoisotopic (exact) mass is 451 g/mol. The van der Waals surface area contributed by atoms with Crippen molar-refractivity contribution >= 4 is 56.5 Å². The largest absolute Gasteiger partial charge is 0.495 e. The van der Waals surface area contributed by atoms with Gasteiger partial charge < -0.3 is 19.7 Å². The summed E-state index contributed by atoms with van der Waals surface area (Å²) in [7, 11) is 1.55. The summed E-state index contributed by atoms with van der Waals surface area (Å²) in [4.78, 5) is 18.9. The highest BCUT2D eigenvalue weighted by atomic mass is 35.5. The third kappa shape index (κ3) is 4.52. The molecule has 4 rings (SSSR count). The van der Waals surface area contributed by atoms with Crippen LogP contribution in [-0.2, 0) is 0 Å². The molecule has 0 atom stereocenters. The quantitative estimate of drug-likeness (QED) is 0.553. The highest BCUT2D eigenvalue weighted by molar-refractivity contribution is 7.20. The topological polar surface area (TPSA) is 63.7 Å². The number of fused-ring (bicyclic) bond motifs is 1. The molecule has 29 heavy (non-hydrogen) atoms. The van der Waals surface area contributed by atoms with Crippen LogP contribution in [0.15, 0.2) is 36.4 Å². The van der Waals surface area contributed by atoms with Crippen LogP contribution in [0.4, 0.5) is 10.5 Å². The second-order valence-electron chi connectivity index (χ2n) is 6.65. The van der Waals surface area contributed by atoms with Gasteiger partial charge in [0.1, 0.15) is 17.4 Å². The molecule has 0 saturated carbocycles. The van der Waals surface area contributed by atoms with Gasteiger partial charge in [0.25, 0.3) is 5.19 Å². The van der Waals surface area contributed by atoms with Gasteiger partial charge in [0, 0.05) is 31.0 Å². The molecule has 1 fully saturated rings. The van der Waals surface area contributed by atoms with Crippen LogP contribution in [0, 0.1) is 0 Å². The minimum atomic E-state index is -0.184. The summed E-state index contributed by atoms with van der Waals surface area (Å²) in [5.74, 6) is 0.565. The number of amides is 2. The van der Waals surface area contributed by atoms with Crippen molar-refractivity contribution in [2.75, 3.05) is 25.5 Å². The first-order valence-electron chi connectivity index (χ1n) is 9.14. The highest BCUT2D eigenvalue weighted by Crippen LogP contribution is 2.33. The van der Waals surface area contributed by atoms with Crippen molar-refractivity contribution < 1.29 is 14.3 Å². The van der Waals surface area contributed by atoms with E-state index in [-0.39, 0.29) is 12.1 Å². The number of likely N-dealkylation sites (tertiary alicyclic amines) is 1. The van der Waals surface area contributed by atoms with Gasteiger partial charge in [0.2, 0.25) is 0 Å². The fraction of sp³-hybridized carbons (Fsp3) is 0.300.